The van der Waals surface area contributed by atoms with Crippen LogP contribution in [0, 0.1) is 5.82 Å². The first kappa shape index (κ1) is 13.7. The first-order chi connectivity index (χ1) is 9.09. The van der Waals surface area contributed by atoms with Crippen molar-refractivity contribution in [2.45, 2.75) is 31.8 Å². The lowest BCUT2D eigenvalue weighted by molar-refractivity contribution is -0.145. The van der Waals surface area contributed by atoms with E-state index < -0.39 is 11.9 Å². The van der Waals surface area contributed by atoms with Crippen molar-refractivity contribution in [1.29, 1.82) is 0 Å². The molecule has 2 rings (SSSR count). The van der Waals surface area contributed by atoms with Crippen molar-refractivity contribution < 1.29 is 19.1 Å². The molecule has 1 fully saturated rings. The number of amides is 2. The molecule has 0 saturated carbocycles. The lowest BCUT2D eigenvalue weighted by Crippen LogP contribution is -2.38. The Bertz CT molecular complexity index is 471. The predicted molar refractivity (Wildman–Crippen MR) is 66.5 cm³/mol. The minimum Gasteiger partial charge on any atom is -0.386 e. The zero-order valence-corrected chi connectivity index (χ0v) is 10.5. The molecule has 0 aromatic heterocycles. The van der Waals surface area contributed by atoms with E-state index in [-0.39, 0.29) is 23.9 Å². The Morgan fingerprint density at radius 3 is 2.32 bits per heavy atom. The van der Waals surface area contributed by atoms with E-state index >= 15 is 0 Å². The fourth-order valence-electron chi connectivity index (χ4n) is 2.18. The maximum atomic E-state index is 13.5. The standard InChI is InChI=1S/C14H16FNO3/c15-11-6-2-1-5-10(11)12(17)9-16-13(18)7-3-4-8-14(16)19/h1-2,5-6,12,17H,3-4,7-9H2. The van der Waals surface area contributed by atoms with Crippen LogP contribution in [0.1, 0.15) is 37.4 Å². The second-order valence-corrected chi connectivity index (χ2v) is 4.64. The molecular formula is C14H16FNO3. The van der Waals surface area contributed by atoms with Gasteiger partial charge >= 0.3 is 0 Å². The zero-order chi connectivity index (χ0) is 13.8. The summed E-state index contributed by atoms with van der Waals surface area (Å²) in [5.41, 5.74) is 0.104. The number of aliphatic hydroxyl groups excluding tert-OH is 1. The van der Waals surface area contributed by atoms with Crippen molar-refractivity contribution in [1.82, 2.24) is 4.90 Å². The topological polar surface area (TPSA) is 57.6 Å². The van der Waals surface area contributed by atoms with Gasteiger partial charge in [-0.2, -0.15) is 0 Å². The van der Waals surface area contributed by atoms with Gasteiger partial charge in [0.1, 0.15) is 5.82 Å². The number of halogens is 1. The zero-order valence-electron chi connectivity index (χ0n) is 10.5. The maximum absolute atomic E-state index is 13.5. The molecule has 2 amide bonds. The van der Waals surface area contributed by atoms with E-state index in [4.69, 9.17) is 0 Å². The number of hydrogen-bond acceptors (Lipinski definition) is 3. The third-order valence-electron chi connectivity index (χ3n) is 3.25. The SMILES string of the molecule is O=C1CCCCC(=O)N1CC(O)c1ccccc1F. The average molecular weight is 265 g/mol. The molecule has 1 unspecified atom stereocenters. The third kappa shape index (κ3) is 3.17. The molecule has 4 nitrogen and oxygen atoms in total. The van der Waals surface area contributed by atoms with Crippen LogP contribution in [0.25, 0.3) is 0 Å². The van der Waals surface area contributed by atoms with Gasteiger partial charge in [-0.15, -0.1) is 0 Å². The van der Waals surface area contributed by atoms with E-state index in [1.165, 1.54) is 18.2 Å². The van der Waals surface area contributed by atoms with Crippen molar-refractivity contribution in [2.24, 2.45) is 0 Å². The molecule has 0 bridgehead atoms. The van der Waals surface area contributed by atoms with Gasteiger partial charge in [-0.3, -0.25) is 14.5 Å². The number of carbonyl (C=O) groups is 2. The van der Waals surface area contributed by atoms with Crippen LogP contribution in [0.4, 0.5) is 4.39 Å². The van der Waals surface area contributed by atoms with E-state index in [9.17, 15) is 19.1 Å². The van der Waals surface area contributed by atoms with Crippen LogP contribution >= 0.6 is 0 Å². The second-order valence-electron chi connectivity index (χ2n) is 4.64. The molecule has 1 aliphatic rings. The van der Waals surface area contributed by atoms with Gasteiger partial charge < -0.3 is 5.11 Å². The highest BCUT2D eigenvalue weighted by molar-refractivity contribution is 5.96. The summed E-state index contributed by atoms with van der Waals surface area (Å²) in [6.45, 7) is -0.182. The highest BCUT2D eigenvalue weighted by Crippen LogP contribution is 2.20. The van der Waals surface area contributed by atoms with Gasteiger partial charge in [0.25, 0.3) is 0 Å². The second kappa shape index (κ2) is 5.93. The molecule has 1 heterocycles. The number of carbonyl (C=O) groups excluding carboxylic acids is 2. The molecule has 1 atom stereocenters. The van der Waals surface area contributed by atoms with Gasteiger partial charge in [-0.25, -0.2) is 4.39 Å². The molecule has 1 aliphatic heterocycles. The molecule has 102 valence electrons. The van der Waals surface area contributed by atoms with Crippen LogP contribution in [0.2, 0.25) is 0 Å². The minimum atomic E-state index is -1.19. The van der Waals surface area contributed by atoms with E-state index in [0.717, 1.165) is 4.90 Å². The van der Waals surface area contributed by atoms with E-state index in [0.29, 0.717) is 25.7 Å². The molecule has 1 aromatic rings. The Labute approximate surface area is 110 Å². The maximum Gasteiger partial charge on any atom is 0.229 e. The molecule has 0 spiro atoms. The largest absolute Gasteiger partial charge is 0.386 e. The summed E-state index contributed by atoms with van der Waals surface area (Å²) in [5, 5.41) is 9.99. The summed E-state index contributed by atoms with van der Waals surface area (Å²) in [7, 11) is 0. The summed E-state index contributed by atoms with van der Waals surface area (Å²) in [5.74, 6) is -1.12. The van der Waals surface area contributed by atoms with Crippen molar-refractivity contribution in [3.8, 4) is 0 Å². The molecule has 1 N–H and O–H groups in total. The normalized spacial score (nSPS) is 18.3. The Balaban J connectivity index is 2.13. The van der Waals surface area contributed by atoms with Gasteiger partial charge in [0, 0.05) is 18.4 Å². The molecular weight excluding hydrogens is 249 g/mol. The Morgan fingerprint density at radius 1 is 1.16 bits per heavy atom. The van der Waals surface area contributed by atoms with E-state index in [2.05, 4.69) is 0 Å². The summed E-state index contributed by atoms with van der Waals surface area (Å²) in [6, 6.07) is 5.82. The quantitative estimate of drug-likeness (QED) is 0.848. The molecule has 19 heavy (non-hydrogen) atoms. The van der Waals surface area contributed by atoms with Crippen molar-refractivity contribution >= 4 is 11.8 Å². The Kier molecular flexibility index (Phi) is 4.27. The molecule has 0 radical (unpaired) electrons. The van der Waals surface area contributed by atoms with Crippen LogP contribution in [0.3, 0.4) is 0 Å². The van der Waals surface area contributed by atoms with E-state index in [1.54, 1.807) is 6.07 Å². The number of rotatable bonds is 3. The molecule has 1 aromatic carbocycles. The fraction of sp³-hybridized carbons (Fsp3) is 0.429. The summed E-state index contributed by atoms with van der Waals surface area (Å²) in [4.78, 5) is 24.6. The lowest BCUT2D eigenvalue weighted by atomic mass is 10.1. The number of aliphatic hydroxyl groups is 1. The average Bonchev–Trinajstić information content (AvgIpc) is 2.54. The van der Waals surface area contributed by atoms with Crippen LogP contribution in [0.15, 0.2) is 24.3 Å². The third-order valence-corrected chi connectivity index (χ3v) is 3.25. The highest BCUT2D eigenvalue weighted by Gasteiger charge is 2.27. The summed E-state index contributed by atoms with van der Waals surface area (Å²) >= 11 is 0. The fourth-order valence-corrected chi connectivity index (χ4v) is 2.18. The van der Waals surface area contributed by atoms with Crippen LogP contribution < -0.4 is 0 Å². The van der Waals surface area contributed by atoms with Crippen LogP contribution in [-0.4, -0.2) is 28.4 Å². The number of imide groups is 1. The van der Waals surface area contributed by atoms with Gasteiger partial charge in [0.2, 0.25) is 11.8 Å². The van der Waals surface area contributed by atoms with Crippen LogP contribution in [0.5, 0.6) is 0 Å². The first-order valence-corrected chi connectivity index (χ1v) is 6.35. The van der Waals surface area contributed by atoms with Gasteiger partial charge in [-0.1, -0.05) is 18.2 Å². The van der Waals surface area contributed by atoms with Crippen molar-refractivity contribution in [3.05, 3.63) is 35.6 Å². The number of nitrogens with zero attached hydrogens (tertiary/aromatic N) is 1. The minimum absolute atomic E-state index is 0.104. The number of likely N-dealkylation sites (tertiary alicyclic amines) is 1. The molecule has 0 aliphatic carbocycles. The van der Waals surface area contributed by atoms with Gasteiger partial charge in [0.05, 0.1) is 12.6 Å². The van der Waals surface area contributed by atoms with Crippen molar-refractivity contribution in [2.75, 3.05) is 6.54 Å². The van der Waals surface area contributed by atoms with Crippen molar-refractivity contribution in [3.63, 3.8) is 0 Å². The number of benzene rings is 1. The van der Waals surface area contributed by atoms with E-state index in [1.807, 2.05) is 0 Å². The molecule has 5 heteroatoms. The number of β-amino-alcohol motifs (C(OH)–C–C–N with tert-alkyl or cyclic N) is 1. The monoisotopic (exact) mass is 265 g/mol. The summed E-state index contributed by atoms with van der Waals surface area (Å²) < 4.78 is 13.5. The number of hydrogen-bond donors (Lipinski definition) is 1. The van der Waals surface area contributed by atoms with Gasteiger partial charge in [0.15, 0.2) is 0 Å². The molecule has 1 saturated heterocycles. The van der Waals surface area contributed by atoms with Gasteiger partial charge in [-0.05, 0) is 18.9 Å². The smallest absolute Gasteiger partial charge is 0.229 e. The Hall–Kier alpha value is -1.75. The first-order valence-electron chi connectivity index (χ1n) is 6.35. The van der Waals surface area contributed by atoms with Crippen LogP contribution in [-0.2, 0) is 9.59 Å². The predicted octanol–water partition coefficient (Wildman–Crippen LogP) is 1.79. The highest BCUT2D eigenvalue weighted by atomic mass is 19.1. The Morgan fingerprint density at radius 2 is 1.74 bits per heavy atom. The lowest BCUT2D eigenvalue weighted by Gasteiger charge is -2.22. The summed E-state index contributed by atoms with van der Waals surface area (Å²) in [6.07, 6.45) is 0.770.